The molecule has 4 heterocycles. The van der Waals surface area contributed by atoms with E-state index in [9.17, 15) is 4.79 Å². The molecule has 0 radical (unpaired) electrons. The van der Waals surface area contributed by atoms with Gasteiger partial charge in [-0.25, -0.2) is 4.98 Å². The van der Waals surface area contributed by atoms with E-state index in [1.807, 2.05) is 46.9 Å². The topological polar surface area (TPSA) is 58.1 Å². The number of rotatable bonds is 3. The van der Waals surface area contributed by atoms with Gasteiger partial charge < -0.3 is 10.2 Å². The number of aryl methyl sites for hydroxylation is 2. The van der Waals surface area contributed by atoms with Gasteiger partial charge in [0.25, 0.3) is 5.91 Å². The zero-order chi connectivity index (χ0) is 24.1. The average Bonchev–Trinajstić information content (AvgIpc) is 3.17. The van der Waals surface area contributed by atoms with Crippen molar-refractivity contribution >= 4 is 33.1 Å². The molecule has 1 aliphatic heterocycles. The number of fused-ring (bicyclic) bond motifs is 1. The Balaban J connectivity index is 0.00000103. The predicted octanol–water partition coefficient (Wildman–Crippen LogP) is 6.91. The third-order valence-electron chi connectivity index (χ3n) is 5.16. The number of carbonyl (C=O) groups is 1. The average molecular weight is 471 g/mol. The minimum atomic E-state index is -0.00842. The second kappa shape index (κ2) is 12.1. The third-order valence-corrected chi connectivity index (χ3v) is 6.19. The second-order valence-corrected chi connectivity index (χ2v) is 9.67. The van der Waals surface area contributed by atoms with Crippen LogP contribution in [0.15, 0.2) is 30.5 Å². The molecule has 4 rings (SSSR count). The fraction of sp³-hybridized carbons (Fsp3) is 0.519. The van der Waals surface area contributed by atoms with Crippen LogP contribution in [0.2, 0.25) is 0 Å². The van der Waals surface area contributed by atoms with Crippen molar-refractivity contribution in [2.24, 2.45) is 0 Å². The Morgan fingerprint density at radius 1 is 1.09 bits per heavy atom. The number of hydrogen-bond acceptors (Lipinski definition) is 5. The van der Waals surface area contributed by atoms with E-state index < -0.39 is 0 Å². The number of anilines is 1. The molecule has 1 saturated heterocycles. The van der Waals surface area contributed by atoms with Crippen LogP contribution in [0.4, 0.5) is 5.69 Å². The minimum absolute atomic E-state index is 0. The molecule has 0 atom stereocenters. The maximum absolute atomic E-state index is 12.7. The summed E-state index contributed by atoms with van der Waals surface area (Å²) < 4.78 is 0. The monoisotopic (exact) mass is 470 g/mol. The van der Waals surface area contributed by atoms with Gasteiger partial charge in [-0.05, 0) is 43.7 Å². The number of nitrogens with one attached hydrogen (secondary N) is 1. The molecule has 0 unspecified atom stereocenters. The van der Waals surface area contributed by atoms with Gasteiger partial charge in [0.2, 0.25) is 0 Å². The van der Waals surface area contributed by atoms with Crippen molar-refractivity contribution in [3.63, 3.8) is 0 Å². The lowest BCUT2D eigenvalue weighted by molar-refractivity contribution is 0.0934. The zero-order valence-corrected chi connectivity index (χ0v) is 21.9. The van der Waals surface area contributed by atoms with Gasteiger partial charge in [-0.2, -0.15) is 0 Å². The number of hydrogen-bond donors (Lipinski definition) is 1. The number of amides is 1. The van der Waals surface area contributed by atoms with Gasteiger partial charge >= 0.3 is 0 Å². The Labute approximate surface area is 204 Å². The van der Waals surface area contributed by atoms with E-state index >= 15 is 0 Å². The highest BCUT2D eigenvalue weighted by molar-refractivity contribution is 7.20. The number of thiophene rings is 1. The van der Waals surface area contributed by atoms with Crippen molar-refractivity contribution in [2.75, 3.05) is 18.0 Å². The van der Waals surface area contributed by atoms with Crippen molar-refractivity contribution in [3.05, 3.63) is 52.3 Å². The Hall–Kier alpha value is -2.47. The first-order chi connectivity index (χ1) is 15.2. The van der Waals surface area contributed by atoms with Gasteiger partial charge in [-0.3, -0.25) is 9.78 Å². The first-order valence-corrected chi connectivity index (χ1v) is 12.4. The molecular formula is C27H42N4OS. The molecule has 0 bridgehead atoms. The highest BCUT2D eigenvalue weighted by Crippen LogP contribution is 2.28. The van der Waals surface area contributed by atoms with Gasteiger partial charge in [0.15, 0.2) is 0 Å². The lowest BCUT2D eigenvalue weighted by Crippen LogP contribution is -2.59. The normalized spacial score (nSPS) is 13.1. The van der Waals surface area contributed by atoms with Crippen LogP contribution in [0.5, 0.6) is 0 Å². The first-order valence-electron chi connectivity index (χ1n) is 11.6. The number of pyridine rings is 2. The lowest BCUT2D eigenvalue weighted by atomic mass is 9.91. The molecule has 1 N–H and O–H groups in total. The third kappa shape index (κ3) is 6.76. The van der Waals surface area contributed by atoms with Crippen molar-refractivity contribution in [1.82, 2.24) is 15.3 Å². The SMILES string of the molecule is C.CC.CC.Cc1cc(C)c2cc(C(=O)NC3CN(c4ccc(C(C)(C)C)nc4)C3)sc2n1. The van der Waals surface area contributed by atoms with Crippen molar-refractivity contribution < 1.29 is 4.79 Å². The van der Waals surface area contributed by atoms with Gasteiger partial charge in [0.1, 0.15) is 4.83 Å². The maximum Gasteiger partial charge on any atom is 0.261 e. The second-order valence-electron chi connectivity index (χ2n) is 8.64. The first kappa shape index (κ1) is 28.6. The van der Waals surface area contributed by atoms with E-state index in [0.29, 0.717) is 0 Å². The zero-order valence-electron chi connectivity index (χ0n) is 21.0. The fourth-order valence-corrected chi connectivity index (χ4v) is 4.55. The standard InChI is InChI=1S/C22H26N4OS.2C2H6.CH4/c1-13-8-14(2)24-21-17(13)9-18(28-21)20(27)25-15-11-26(12-15)16-6-7-19(23-10-16)22(3,4)5;2*1-2;/h6-10,15H,11-12H2,1-5H3,(H,25,27);2*1-2H3;1H4. The van der Waals surface area contributed by atoms with Crippen LogP contribution >= 0.6 is 11.3 Å². The highest BCUT2D eigenvalue weighted by Gasteiger charge is 2.29. The molecule has 3 aromatic rings. The molecule has 0 saturated carbocycles. The Morgan fingerprint density at radius 2 is 1.73 bits per heavy atom. The Kier molecular flexibility index (Phi) is 10.5. The van der Waals surface area contributed by atoms with Crippen LogP contribution in [-0.4, -0.2) is 35.0 Å². The van der Waals surface area contributed by atoms with Crippen molar-refractivity contribution in [1.29, 1.82) is 0 Å². The van der Waals surface area contributed by atoms with Crippen LogP contribution < -0.4 is 10.2 Å². The summed E-state index contributed by atoms with van der Waals surface area (Å²) in [6.45, 7) is 20.2. The molecule has 0 spiro atoms. The van der Waals surface area contributed by atoms with Crippen molar-refractivity contribution in [2.45, 2.75) is 81.2 Å². The number of aromatic nitrogens is 2. The summed E-state index contributed by atoms with van der Waals surface area (Å²) in [6, 6.07) is 8.39. The summed E-state index contributed by atoms with van der Waals surface area (Å²) in [5.74, 6) is -0.00842. The predicted molar refractivity (Wildman–Crippen MR) is 145 cm³/mol. The van der Waals surface area contributed by atoms with Crippen LogP contribution in [0.1, 0.15) is 82.5 Å². The highest BCUT2D eigenvalue weighted by atomic mass is 32.1. The molecule has 6 heteroatoms. The van der Waals surface area contributed by atoms with Gasteiger partial charge in [-0.1, -0.05) is 55.9 Å². The summed E-state index contributed by atoms with van der Waals surface area (Å²) in [6.07, 6.45) is 1.93. The Morgan fingerprint density at radius 3 is 2.27 bits per heavy atom. The van der Waals surface area contributed by atoms with Crippen LogP contribution in [-0.2, 0) is 5.41 Å². The number of carbonyl (C=O) groups excluding carboxylic acids is 1. The largest absolute Gasteiger partial charge is 0.366 e. The molecule has 1 aliphatic rings. The van der Waals surface area contributed by atoms with E-state index in [2.05, 4.69) is 66.1 Å². The van der Waals surface area contributed by atoms with E-state index in [1.165, 1.54) is 16.9 Å². The molecular weight excluding hydrogens is 428 g/mol. The van der Waals surface area contributed by atoms with Crippen LogP contribution in [0.3, 0.4) is 0 Å². The molecule has 182 valence electrons. The van der Waals surface area contributed by atoms with Crippen LogP contribution in [0.25, 0.3) is 10.2 Å². The van der Waals surface area contributed by atoms with E-state index in [-0.39, 0.29) is 24.8 Å². The molecule has 0 aromatic carbocycles. The number of nitrogens with zero attached hydrogens (tertiary/aromatic N) is 3. The summed E-state index contributed by atoms with van der Waals surface area (Å²) in [7, 11) is 0. The van der Waals surface area contributed by atoms with Gasteiger partial charge in [-0.15, -0.1) is 11.3 Å². The molecule has 3 aromatic heterocycles. The van der Waals surface area contributed by atoms with Crippen LogP contribution in [0, 0.1) is 13.8 Å². The van der Waals surface area contributed by atoms with E-state index in [1.54, 1.807) is 0 Å². The maximum atomic E-state index is 12.7. The van der Waals surface area contributed by atoms with Gasteiger partial charge in [0.05, 0.1) is 22.8 Å². The molecule has 0 aliphatic carbocycles. The quantitative estimate of drug-likeness (QED) is 0.452. The lowest BCUT2D eigenvalue weighted by Gasteiger charge is -2.41. The van der Waals surface area contributed by atoms with E-state index in [4.69, 9.17) is 0 Å². The summed E-state index contributed by atoms with van der Waals surface area (Å²) in [5, 5.41) is 4.22. The minimum Gasteiger partial charge on any atom is -0.366 e. The van der Waals surface area contributed by atoms with Crippen molar-refractivity contribution in [3.8, 4) is 0 Å². The molecule has 1 fully saturated rings. The fourth-order valence-electron chi connectivity index (χ4n) is 3.50. The Bertz CT molecular complexity index is 1030. The van der Waals surface area contributed by atoms with Gasteiger partial charge in [0, 0.05) is 35.3 Å². The molecule has 33 heavy (non-hydrogen) atoms. The summed E-state index contributed by atoms with van der Waals surface area (Å²) in [4.78, 5) is 25.7. The van der Waals surface area contributed by atoms with E-state index in [0.717, 1.165) is 45.3 Å². The molecule has 1 amide bonds. The smallest absolute Gasteiger partial charge is 0.261 e. The summed E-state index contributed by atoms with van der Waals surface area (Å²) in [5.41, 5.74) is 4.40. The molecule has 5 nitrogen and oxygen atoms in total. The summed E-state index contributed by atoms with van der Waals surface area (Å²) >= 11 is 1.46.